The first-order chi connectivity index (χ1) is 11.7. The molecule has 0 saturated carbocycles. The molecule has 4 nitrogen and oxygen atoms in total. The summed E-state index contributed by atoms with van der Waals surface area (Å²) in [4.78, 5) is 0. The van der Waals surface area contributed by atoms with Gasteiger partial charge in [0.1, 0.15) is 0 Å². The number of hydrogen-bond donors (Lipinski definition) is 2. The molecule has 2 N–H and O–H groups in total. The highest BCUT2D eigenvalue weighted by Gasteiger charge is 1.86. The summed E-state index contributed by atoms with van der Waals surface area (Å²) in [7, 11) is 0. The van der Waals surface area contributed by atoms with Crippen LogP contribution in [-0.4, -0.2) is 49.9 Å². The second-order valence-electron chi connectivity index (χ2n) is 5.79. The molecule has 4 heteroatoms. The zero-order valence-corrected chi connectivity index (χ0v) is 17.0. The Morgan fingerprint density at radius 1 is 0.458 bits per heavy atom. The molecule has 0 aromatic carbocycles. The highest BCUT2D eigenvalue weighted by molar-refractivity contribution is 4.36. The van der Waals surface area contributed by atoms with Crippen LogP contribution in [0.25, 0.3) is 0 Å². The first-order valence-electron chi connectivity index (χ1n) is 10.1. The minimum Gasteiger partial charge on any atom is -0.394 e. The fourth-order valence-electron chi connectivity index (χ4n) is 1.80. The number of rotatable bonds is 15. The molecule has 0 saturated heterocycles. The Labute approximate surface area is 152 Å². The lowest BCUT2D eigenvalue weighted by atomic mass is 10.2. The average molecular weight is 351 g/mol. The number of ether oxygens (including phenoxy) is 2. The zero-order valence-electron chi connectivity index (χ0n) is 17.0. The molecule has 0 aliphatic carbocycles. The molecule has 0 heterocycles. The van der Waals surface area contributed by atoms with E-state index in [4.69, 9.17) is 19.7 Å². The first-order valence-corrected chi connectivity index (χ1v) is 10.1. The van der Waals surface area contributed by atoms with Gasteiger partial charge in [-0.25, -0.2) is 0 Å². The Bertz CT molecular complexity index is 140. The van der Waals surface area contributed by atoms with Gasteiger partial charge in [0.25, 0.3) is 0 Å². The van der Waals surface area contributed by atoms with Crippen molar-refractivity contribution in [1.29, 1.82) is 0 Å². The lowest BCUT2D eigenvalue weighted by Gasteiger charge is -2.01. The van der Waals surface area contributed by atoms with Crippen LogP contribution < -0.4 is 0 Å². The lowest BCUT2D eigenvalue weighted by Crippen LogP contribution is -2.09. The van der Waals surface area contributed by atoms with Crippen molar-refractivity contribution in [2.45, 2.75) is 91.9 Å². The number of unbranched alkanes of at least 4 members (excludes halogenated alkanes) is 8. The molecule has 0 unspecified atom stereocenters. The van der Waals surface area contributed by atoms with Crippen LogP contribution in [0.4, 0.5) is 0 Å². The quantitative estimate of drug-likeness (QED) is 0.410. The highest BCUT2D eigenvalue weighted by Crippen LogP contribution is 2.00. The van der Waals surface area contributed by atoms with Crippen LogP contribution in [0.5, 0.6) is 0 Å². The standard InChI is InChI=1S/2C7H16.C6H14O4/c2*1-3-5-7-6-4-2;7-1-3-9-5-6-10-4-2-8/h2*3-7H2,1-2H3;7-8H,1-6H2. The Kier molecular flexibility index (Phi) is 40.8. The fraction of sp³-hybridized carbons (Fsp3) is 1.00. The maximum Gasteiger partial charge on any atom is 0.0701 e. The molecule has 0 fully saturated rings. The molecule has 0 bridgehead atoms. The van der Waals surface area contributed by atoms with Crippen molar-refractivity contribution in [3.05, 3.63) is 0 Å². The van der Waals surface area contributed by atoms with Crippen LogP contribution >= 0.6 is 0 Å². The Morgan fingerprint density at radius 2 is 0.750 bits per heavy atom. The summed E-state index contributed by atoms with van der Waals surface area (Å²) >= 11 is 0. The van der Waals surface area contributed by atoms with Gasteiger partial charge in [-0.3, -0.25) is 0 Å². The zero-order chi connectivity index (χ0) is 18.7. The van der Waals surface area contributed by atoms with E-state index in [-0.39, 0.29) is 13.2 Å². The van der Waals surface area contributed by atoms with Crippen LogP contribution in [0.2, 0.25) is 0 Å². The Balaban J connectivity index is -0.000000283. The van der Waals surface area contributed by atoms with E-state index in [1.54, 1.807) is 0 Å². The van der Waals surface area contributed by atoms with Crippen molar-refractivity contribution in [2.75, 3.05) is 39.6 Å². The predicted molar refractivity (Wildman–Crippen MR) is 105 cm³/mol. The van der Waals surface area contributed by atoms with Crippen molar-refractivity contribution in [3.63, 3.8) is 0 Å². The smallest absolute Gasteiger partial charge is 0.0701 e. The summed E-state index contributed by atoms with van der Waals surface area (Å²) in [5.41, 5.74) is 0. The van der Waals surface area contributed by atoms with Gasteiger partial charge in [-0.15, -0.1) is 0 Å². The van der Waals surface area contributed by atoms with Crippen LogP contribution in [0.15, 0.2) is 0 Å². The third-order valence-electron chi connectivity index (χ3n) is 3.26. The average Bonchev–Trinajstić information content (AvgIpc) is 2.60. The van der Waals surface area contributed by atoms with E-state index >= 15 is 0 Å². The van der Waals surface area contributed by atoms with Gasteiger partial charge in [-0.05, 0) is 0 Å². The normalized spacial score (nSPS) is 9.75. The fourth-order valence-corrected chi connectivity index (χ4v) is 1.80. The lowest BCUT2D eigenvalue weighted by molar-refractivity contribution is 0.0222. The van der Waals surface area contributed by atoms with Gasteiger partial charge < -0.3 is 19.7 Å². The summed E-state index contributed by atoms with van der Waals surface area (Å²) in [5.74, 6) is 0. The van der Waals surface area contributed by atoms with E-state index in [2.05, 4.69) is 27.7 Å². The predicted octanol–water partition coefficient (Wildman–Crippen LogP) is 4.96. The molecule has 0 spiro atoms. The van der Waals surface area contributed by atoms with Crippen molar-refractivity contribution in [1.82, 2.24) is 0 Å². The molecule has 24 heavy (non-hydrogen) atoms. The maximum atomic E-state index is 8.26. The van der Waals surface area contributed by atoms with Crippen molar-refractivity contribution >= 4 is 0 Å². The van der Waals surface area contributed by atoms with Crippen molar-refractivity contribution in [2.24, 2.45) is 0 Å². The van der Waals surface area contributed by atoms with Crippen LogP contribution in [0.1, 0.15) is 91.9 Å². The van der Waals surface area contributed by atoms with E-state index in [1.165, 1.54) is 64.2 Å². The van der Waals surface area contributed by atoms with Crippen LogP contribution in [0, 0.1) is 0 Å². The molecule has 0 aliphatic rings. The molecular formula is C20H46O4. The van der Waals surface area contributed by atoms with E-state index in [0.717, 1.165) is 0 Å². The summed E-state index contributed by atoms with van der Waals surface area (Å²) in [5, 5.41) is 16.5. The van der Waals surface area contributed by atoms with Crippen molar-refractivity contribution in [3.8, 4) is 0 Å². The van der Waals surface area contributed by atoms with Gasteiger partial charge in [0.15, 0.2) is 0 Å². The van der Waals surface area contributed by atoms with Gasteiger partial charge in [0.05, 0.1) is 39.6 Å². The number of hydrogen-bond acceptors (Lipinski definition) is 4. The third kappa shape index (κ3) is 43.1. The van der Waals surface area contributed by atoms with Gasteiger partial charge in [-0.2, -0.15) is 0 Å². The van der Waals surface area contributed by atoms with Crippen molar-refractivity contribution < 1.29 is 19.7 Å². The third-order valence-corrected chi connectivity index (χ3v) is 3.26. The highest BCUT2D eigenvalue weighted by atomic mass is 16.5. The summed E-state index contributed by atoms with van der Waals surface area (Å²) in [6.45, 7) is 10.7. The van der Waals surface area contributed by atoms with E-state index in [9.17, 15) is 0 Å². The van der Waals surface area contributed by atoms with E-state index in [0.29, 0.717) is 26.4 Å². The topological polar surface area (TPSA) is 58.9 Å². The Hall–Kier alpha value is -0.160. The molecule has 0 atom stereocenters. The second kappa shape index (κ2) is 34.2. The minimum absolute atomic E-state index is 0.0417. The second-order valence-corrected chi connectivity index (χ2v) is 5.79. The van der Waals surface area contributed by atoms with Gasteiger partial charge in [0, 0.05) is 0 Å². The monoisotopic (exact) mass is 350 g/mol. The van der Waals surface area contributed by atoms with E-state index in [1.807, 2.05) is 0 Å². The largest absolute Gasteiger partial charge is 0.394 e. The van der Waals surface area contributed by atoms with Crippen LogP contribution in [0.3, 0.4) is 0 Å². The summed E-state index contributed by atoms with van der Waals surface area (Å²) in [6.07, 6.45) is 14.0. The molecular weight excluding hydrogens is 304 g/mol. The maximum absolute atomic E-state index is 8.26. The molecule has 0 radical (unpaired) electrons. The molecule has 0 amide bonds. The first kappa shape index (κ1) is 28.6. The minimum atomic E-state index is 0.0417. The summed E-state index contributed by atoms with van der Waals surface area (Å²) < 4.78 is 9.75. The molecule has 0 aromatic heterocycles. The van der Waals surface area contributed by atoms with Gasteiger partial charge >= 0.3 is 0 Å². The van der Waals surface area contributed by atoms with E-state index < -0.39 is 0 Å². The molecule has 0 rings (SSSR count). The molecule has 0 aromatic rings. The van der Waals surface area contributed by atoms with Gasteiger partial charge in [0.2, 0.25) is 0 Å². The van der Waals surface area contributed by atoms with Gasteiger partial charge in [-0.1, -0.05) is 91.9 Å². The number of aliphatic hydroxyl groups is 2. The SMILES string of the molecule is CCCCCCC.CCCCCCC.OCCOCCOCCO. The van der Waals surface area contributed by atoms with Crippen LogP contribution in [-0.2, 0) is 9.47 Å². The summed E-state index contributed by atoms with van der Waals surface area (Å²) in [6, 6.07) is 0. The molecule has 0 aliphatic heterocycles. The molecule has 150 valence electrons. The number of aliphatic hydroxyl groups excluding tert-OH is 2. The Morgan fingerprint density at radius 3 is 0.958 bits per heavy atom.